The molecule has 0 bridgehead atoms. The summed E-state index contributed by atoms with van der Waals surface area (Å²) in [5, 5.41) is 32.3. The molecule has 0 amide bonds. The van der Waals surface area contributed by atoms with E-state index in [1.54, 1.807) is 0 Å². The topological polar surface area (TPSA) is 140 Å². The smallest absolute Gasteiger partial charge is 0.387 e. The van der Waals surface area contributed by atoms with E-state index in [0.29, 0.717) is 0 Å². The lowest BCUT2D eigenvalue weighted by molar-refractivity contribution is -0.139. The van der Waals surface area contributed by atoms with Crippen molar-refractivity contribution in [3.8, 4) is 0 Å². The van der Waals surface area contributed by atoms with Crippen LogP contribution in [0.3, 0.4) is 0 Å². The maximum Gasteiger partial charge on any atom is 0.416 e. The highest BCUT2D eigenvalue weighted by atomic mass is 19.4. The number of hydrogen-bond donors (Lipinski definition) is 4. The van der Waals surface area contributed by atoms with Crippen LogP contribution in [0, 0.1) is 6.92 Å². The third-order valence-corrected chi connectivity index (χ3v) is 5.57. The zero-order valence-electron chi connectivity index (χ0n) is 16.4. The maximum atomic E-state index is 13.1. The van der Waals surface area contributed by atoms with Gasteiger partial charge in [-0.25, -0.2) is 15.0 Å². The van der Waals surface area contributed by atoms with Crippen molar-refractivity contribution in [1.82, 2.24) is 19.5 Å². The van der Waals surface area contributed by atoms with Crippen LogP contribution >= 0.6 is 0 Å². The van der Waals surface area contributed by atoms with Crippen molar-refractivity contribution in [3.05, 3.63) is 47.5 Å². The van der Waals surface area contributed by atoms with Crippen LogP contribution in [0.1, 0.15) is 29.8 Å². The molecule has 1 aromatic carbocycles. The normalized spacial score (nSPS) is 26.3. The molecule has 0 saturated carbocycles. The van der Waals surface area contributed by atoms with Gasteiger partial charge in [0.1, 0.15) is 35.8 Å². The van der Waals surface area contributed by atoms with Crippen LogP contribution in [-0.2, 0) is 16.5 Å². The standard InChI is InChI=1S/C19H20F3N5O4/c1-8-5-9(3-4-10(8)19(20,21)22)18(2,30)14-12(28)13(29)17(31-14)27-7-26-11-15(23)24-6-25-16(11)27/h3-7,12-14,17,28-30H,1-2H3,(H2,23,24,25)/t12-,13+,14-,17+,18?/m0/s1. The number of aromatic nitrogens is 4. The highest BCUT2D eigenvalue weighted by Crippen LogP contribution is 2.41. The number of fused-ring (bicyclic) bond motifs is 1. The van der Waals surface area contributed by atoms with Gasteiger partial charge >= 0.3 is 6.18 Å². The average Bonchev–Trinajstić information content (AvgIpc) is 3.23. The van der Waals surface area contributed by atoms with Gasteiger partial charge in [-0.15, -0.1) is 0 Å². The molecule has 31 heavy (non-hydrogen) atoms. The van der Waals surface area contributed by atoms with E-state index in [2.05, 4.69) is 15.0 Å². The molecule has 0 spiro atoms. The minimum atomic E-state index is -4.54. The minimum Gasteiger partial charge on any atom is -0.387 e. The summed E-state index contributed by atoms with van der Waals surface area (Å²) in [5.74, 6) is 0.112. The Kier molecular flexibility index (Phi) is 4.92. The van der Waals surface area contributed by atoms with Gasteiger partial charge in [0.05, 0.1) is 11.9 Å². The van der Waals surface area contributed by atoms with Crippen molar-refractivity contribution >= 4 is 17.0 Å². The van der Waals surface area contributed by atoms with Crippen LogP contribution in [0.5, 0.6) is 0 Å². The Morgan fingerprint density at radius 2 is 1.84 bits per heavy atom. The van der Waals surface area contributed by atoms with Crippen LogP contribution < -0.4 is 5.73 Å². The highest BCUT2D eigenvalue weighted by Gasteiger charge is 2.52. The second-order valence-corrected chi connectivity index (χ2v) is 7.69. The maximum absolute atomic E-state index is 13.1. The van der Waals surface area contributed by atoms with Gasteiger partial charge in [0.15, 0.2) is 17.7 Å². The van der Waals surface area contributed by atoms with Gasteiger partial charge in [-0.3, -0.25) is 4.57 Å². The molecular weight excluding hydrogens is 419 g/mol. The summed E-state index contributed by atoms with van der Waals surface area (Å²) >= 11 is 0. The first-order valence-electron chi connectivity index (χ1n) is 9.28. The van der Waals surface area contributed by atoms with Gasteiger partial charge in [-0.05, 0) is 31.0 Å². The van der Waals surface area contributed by atoms with Gasteiger partial charge < -0.3 is 25.8 Å². The first-order valence-corrected chi connectivity index (χ1v) is 9.28. The number of nitrogen functional groups attached to an aromatic ring is 1. The van der Waals surface area contributed by atoms with E-state index in [-0.39, 0.29) is 28.1 Å². The van der Waals surface area contributed by atoms with Crippen LogP contribution in [0.2, 0.25) is 0 Å². The van der Waals surface area contributed by atoms with Gasteiger partial charge in [0, 0.05) is 0 Å². The molecule has 0 aliphatic carbocycles. The lowest BCUT2D eigenvalue weighted by Crippen LogP contribution is -2.45. The molecule has 12 heteroatoms. The summed E-state index contributed by atoms with van der Waals surface area (Å²) in [4.78, 5) is 12.0. The van der Waals surface area contributed by atoms with Gasteiger partial charge in [-0.1, -0.05) is 12.1 Å². The molecule has 1 saturated heterocycles. The van der Waals surface area contributed by atoms with Crippen LogP contribution in [0.4, 0.5) is 19.0 Å². The van der Waals surface area contributed by atoms with Crippen LogP contribution in [-0.4, -0.2) is 53.2 Å². The van der Waals surface area contributed by atoms with Crippen LogP contribution in [0.15, 0.2) is 30.9 Å². The predicted molar refractivity (Wildman–Crippen MR) is 101 cm³/mol. The molecule has 3 aromatic rings. The van der Waals surface area contributed by atoms with Crippen molar-refractivity contribution in [2.24, 2.45) is 0 Å². The zero-order chi connectivity index (χ0) is 22.7. The van der Waals surface area contributed by atoms with Crippen molar-refractivity contribution < 1.29 is 33.2 Å². The van der Waals surface area contributed by atoms with E-state index in [4.69, 9.17) is 10.5 Å². The lowest BCUT2D eigenvalue weighted by Gasteiger charge is -2.32. The fourth-order valence-corrected chi connectivity index (χ4v) is 3.87. The Labute approximate surface area is 173 Å². The number of nitrogens with two attached hydrogens (primary N) is 1. The Morgan fingerprint density at radius 1 is 1.13 bits per heavy atom. The fraction of sp³-hybridized carbons (Fsp3) is 0.421. The number of hydrogen-bond acceptors (Lipinski definition) is 8. The first kappa shape index (κ1) is 21.4. The summed E-state index contributed by atoms with van der Waals surface area (Å²) in [5.41, 5.74) is 3.51. The van der Waals surface area contributed by atoms with E-state index >= 15 is 0 Å². The van der Waals surface area contributed by atoms with Crippen molar-refractivity contribution in [2.75, 3.05) is 5.73 Å². The number of rotatable bonds is 3. The van der Waals surface area contributed by atoms with Gasteiger partial charge in [0.2, 0.25) is 0 Å². The number of anilines is 1. The average molecular weight is 439 g/mol. The molecule has 5 atom stereocenters. The summed E-state index contributed by atoms with van der Waals surface area (Å²) < 4.78 is 46.3. The quantitative estimate of drug-likeness (QED) is 0.478. The molecule has 3 heterocycles. The molecule has 4 rings (SSSR count). The van der Waals surface area contributed by atoms with Crippen molar-refractivity contribution in [1.29, 1.82) is 0 Å². The second-order valence-electron chi connectivity index (χ2n) is 7.69. The molecular formula is C19H20F3N5O4. The number of benzene rings is 1. The Morgan fingerprint density at radius 3 is 2.48 bits per heavy atom. The monoisotopic (exact) mass is 439 g/mol. The molecule has 1 unspecified atom stereocenters. The third kappa shape index (κ3) is 3.41. The van der Waals surface area contributed by atoms with E-state index in [0.717, 1.165) is 12.1 Å². The van der Waals surface area contributed by atoms with Crippen molar-refractivity contribution in [3.63, 3.8) is 0 Å². The molecule has 0 radical (unpaired) electrons. The van der Waals surface area contributed by atoms with E-state index < -0.39 is 41.9 Å². The lowest BCUT2D eigenvalue weighted by atomic mass is 9.85. The third-order valence-electron chi connectivity index (χ3n) is 5.57. The summed E-state index contributed by atoms with van der Waals surface area (Å²) in [6, 6.07) is 3.16. The van der Waals surface area contributed by atoms with Crippen LogP contribution in [0.25, 0.3) is 11.2 Å². The number of imidazole rings is 1. The molecule has 5 N–H and O–H groups in total. The Hall–Kier alpha value is -2.80. The summed E-state index contributed by atoms with van der Waals surface area (Å²) in [7, 11) is 0. The van der Waals surface area contributed by atoms with E-state index in [9.17, 15) is 28.5 Å². The molecule has 1 aliphatic heterocycles. The number of alkyl halides is 3. The summed E-state index contributed by atoms with van der Waals surface area (Å²) in [6.07, 6.45) is -7.62. The Bertz CT molecular complexity index is 1130. The number of aliphatic hydroxyl groups is 3. The molecule has 166 valence electrons. The van der Waals surface area contributed by atoms with E-state index in [1.165, 1.54) is 37.1 Å². The number of aliphatic hydroxyl groups excluding tert-OH is 2. The molecule has 1 aliphatic rings. The molecule has 1 fully saturated rings. The number of halogens is 3. The second kappa shape index (κ2) is 7.12. The predicted octanol–water partition coefficient (Wildman–Crippen LogP) is 1.26. The van der Waals surface area contributed by atoms with Crippen molar-refractivity contribution in [2.45, 2.75) is 50.2 Å². The molecule has 9 nitrogen and oxygen atoms in total. The number of ether oxygens (including phenoxy) is 1. The highest BCUT2D eigenvalue weighted by molar-refractivity contribution is 5.81. The zero-order valence-corrected chi connectivity index (χ0v) is 16.4. The Balaban J connectivity index is 1.68. The largest absolute Gasteiger partial charge is 0.416 e. The number of nitrogens with zero attached hydrogens (tertiary/aromatic N) is 4. The first-order chi connectivity index (χ1) is 14.4. The minimum absolute atomic E-state index is 0.0944. The fourth-order valence-electron chi connectivity index (χ4n) is 3.87. The summed E-state index contributed by atoms with van der Waals surface area (Å²) in [6.45, 7) is 2.57. The molecule has 2 aromatic heterocycles. The number of aryl methyl sites for hydroxylation is 1. The van der Waals surface area contributed by atoms with E-state index in [1.807, 2.05) is 0 Å². The van der Waals surface area contributed by atoms with Gasteiger partial charge in [-0.2, -0.15) is 13.2 Å². The SMILES string of the molecule is Cc1cc(C(C)(O)[C@H]2O[C@@H](n3cnc4c(N)ncnc43)[C@H](O)[C@@H]2O)ccc1C(F)(F)F. The van der Waals surface area contributed by atoms with Gasteiger partial charge in [0.25, 0.3) is 0 Å².